The second kappa shape index (κ2) is 4.48. The highest BCUT2D eigenvalue weighted by molar-refractivity contribution is 6.07. The van der Waals surface area contributed by atoms with Gasteiger partial charge in [0.05, 0.1) is 12.6 Å². The Bertz CT molecular complexity index is 433. The summed E-state index contributed by atoms with van der Waals surface area (Å²) in [5.74, 6) is -0.269. The number of urea groups is 1. The number of amides is 4. The molecule has 0 saturated carbocycles. The van der Waals surface area contributed by atoms with Gasteiger partial charge >= 0.3 is 6.03 Å². The van der Waals surface area contributed by atoms with Crippen LogP contribution in [-0.4, -0.2) is 54.0 Å². The quantitative estimate of drug-likeness (QED) is 0.528. The number of carbonyl (C=O) groups is 3. The Balaban J connectivity index is 1.67. The largest absolute Gasteiger partial charge is 0.338 e. The van der Waals surface area contributed by atoms with Crippen LogP contribution in [0.4, 0.5) is 4.79 Å². The molecule has 104 valence electrons. The number of nitrogens with zero attached hydrogens (tertiary/aromatic N) is 1. The molecule has 3 aliphatic heterocycles. The fraction of sp³-hybridized carbons (Fsp3) is 0.750. The summed E-state index contributed by atoms with van der Waals surface area (Å²) in [4.78, 5) is 37.1. The molecule has 7 nitrogen and oxygen atoms in total. The van der Waals surface area contributed by atoms with Crippen molar-refractivity contribution in [3.8, 4) is 0 Å². The molecule has 3 fully saturated rings. The standard InChI is InChI=1S/C12H18N4O3/c17-9(8-3-1-2-5-13-8)16-6-4-12(7-16)10(18)14-11(19)15-12/h8,13H,1-7H2,(H2,14,15,18,19)/t8-,12?/m1/s1. The number of rotatable bonds is 1. The van der Waals surface area contributed by atoms with E-state index in [0.717, 1.165) is 25.8 Å². The molecule has 0 aliphatic carbocycles. The fourth-order valence-corrected chi connectivity index (χ4v) is 3.10. The van der Waals surface area contributed by atoms with Gasteiger partial charge in [0.1, 0.15) is 5.54 Å². The first-order valence-corrected chi connectivity index (χ1v) is 6.76. The second-order valence-electron chi connectivity index (χ2n) is 5.50. The van der Waals surface area contributed by atoms with Crippen molar-refractivity contribution in [2.24, 2.45) is 0 Å². The molecule has 0 radical (unpaired) electrons. The Morgan fingerprint density at radius 3 is 2.79 bits per heavy atom. The van der Waals surface area contributed by atoms with Crippen molar-refractivity contribution >= 4 is 17.8 Å². The van der Waals surface area contributed by atoms with Gasteiger partial charge in [0.25, 0.3) is 5.91 Å². The summed E-state index contributed by atoms with van der Waals surface area (Å²) in [5.41, 5.74) is -0.901. The predicted octanol–water partition coefficient (Wildman–Crippen LogP) is -1.06. The van der Waals surface area contributed by atoms with Crippen LogP contribution in [0.2, 0.25) is 0 Å². The maximum absolute atomic E-state index is 12.3. The molecule has 4 amide bonds. The van der Waals surface area contributed by atoms with E-state index in [9.17, 15) is 14.4 Å². The van der Waals surface area contributed by atoms with E-state index in [2.05, 4.69) is 16.0 Å². The Labute approximate surface area is 111 Å². The number of likely N-dealkylation sites (tertiary alicyclic amines) is 1. The Hall–Kier alpha value is -1.63. The molecule has 2 atom stereocenters. The van der Waals surface area contributed by atoms with Crippen molar-refractivity contribution in [2.75, 3.05) is 19.6 Å². The smallest absolute Gasteiger partial charge is 0.322 e. The van der Waals surface area contributed by atoms with Crippen LogP contribution in [0.25, 0.3) is 0 Å². The molecule has 3 aliphatic rings. The van der Waals surface area contributed by atoms with E-state index >= 15 is 0 Å². The summed E-state index contributed by atoms with van der Waals surface area (Å²) in [7, 11) is 0. The van der Waals surface area contributed by atoms with Crippen LogP contribution in [0.3, 0.4) is 0 Å². The topological polar surface area (TPSA) is 90.5 Å². The fourth-order valence-electron chi connectivity index (χ4n) is 3.10. The molecule has 0 bridgehead atoms. The molecular formula is C12H18N4O3. The summed E-state index contributed by atoms with van der Waals surface area (Å²) < 4.78 is 0. The highest BCUT2D eigenvalue weighted by Gasteiger charge is 2.52. The van der Waals surface area contributed by atoms with Crippen LogP contribution in [0.5, 0.6) is 0 Å². The predicted molar refractivity (Wildman–Crippen MR) is 66.2 cm³/mol. The van der Waals surface area contributed by atoms with Crippen molar-refractivity contribution in [3.63, 3.8) is 0 Å². The van der Waals surface area contributed by atoms with E-state index in [-0.39, 0.29) is 24.4 Å². The van der Waals surface area contributed by atoms with Gasteiger partial charge in [-0.2, -0.15) is 0 Å². The van der Waals surface area contributed by atoms with Crippen LogP contribution >= 0.6 is 0 Å². The van der Waals surface area contributed by atoms with Crippen molar-refractivity contribution in [2.45, 2.75) is 37.3 Å². The molecule has 19 heavy (non-hydrogen) atoms. The SMILES string of the molecule is O=C1NC(=O)C2(CCN(C(=O)[C@H]3CCCCN3)C2)N1. The van der Waals surface area contributed by atoms with Crippen LogP contribution in [0, 0.1) is 0 Å². The average Bonchev–Trinajstić information content (AvgIpc) is 2.95. The van der Waals surface area contributed by atoms with Crippen molar-refractivity contribution in [1.82, 2.24) is 20.9 Å². The number of carbonyl (C=O) groups excluding carboxylic acids is 3. The summed E-state index contributed by atoms with van der Waals surface area (Å²) in [6.45, 7) is 1.67. The second-order valence-corrected chi connectivity index (χ2v) is 5.50. The zero-order valence-corrected chi connectivity index (χ0v) is 10.7. The third-order valence-electron chi connectivity index (χ3n) is 4.20. The van der Waals surface area contributed by atoms with E-state index in [4.69, 9.17) is 0 Å². The Morgan fingerprint density at radius 1 is 1.32 bits per heavy atom. The normalized spacial score (nSPS) is 34.5. The Morgan fingerprint density at radius 2 is 2.16 bits per heavy atom. The maximum atomic E-state index is 12.3. The third kappa shape index (κ3) is 2.07. The van der Waals surface area contributed by atoms with Crippen LogP contribution in [0.15, 0.2) is 0 Å². The number of hydrogen-bond acceptors (Lipinski definition) is 4. The van der Waals surface area contributed by atoms with Gasteiger partial charge in [-0.3, -0.25) is 14.9 Å². The van der Waals surface area contributed by atoms with Crippen molar-refractivity contribution in [1.29, 1.82) is 0 Å². The van der Waals surface area contributed by atoms with Gasteiger partial charge in [-0.05, 0) is 25.8 Å². The average molecular weight is 266 g/mol. The summed E-state index contributed by atoms with van der Waals surface area (Å²) in [6, 6.07) is -0.598. The molecular weight excluding hydrogens is 248 g/mol. The zero-order valence-electron chi connectivity index (χ0n) is 10.7. The first-order chi connectivity index (χ1) is 9.11. The number of nitrogens with one attached hydrogen (secondary N) is 3. The highest BCUT2D eigenvalue weighted by Crippen LogP contribution is 2.25. The number of imide groups is 1. The number of hydrogen-bond donors (Lipinski definition) is 3. The van der Waals surface area contributed by atoms with Gasteiger partial charge in [-0.15, -0.1) is 0 Å². The van der Waals surface area contributed by atoms with Crippen LogP contribution in [0.1, 0.15) is 25.7 Å². The van der Waals surface area contributed by atoms with Gasteiger partial charge in [0.15, 0.2) is 0 Å². The van der Waals surface area contributed by atoms with Gasteiger partial charge in [0, 0.05) is 6.54 Å². The van der Waals surface area contributed by atoms with E-state index in [1.54, 1.807) is 4.90 Å². The van der Waals surface area contributed by atoms with Crippen LogP contribution in [-0.2, 0) is 9.59 Å². The lowest BCUT2D eigenvalue weighted by molar-refractivity contribution is -0.133. The third-order valence-corrected chi connectivity index (χ3v) is 4.20. The molecule has 3 saturated heterocycles. The molecule has 1 unspecified atom stereocenters. The van der Waals surface area contributed by atoms with Gasteiger partial charge in [0.2, 0.25) is 5.91 Å². The Kier molecular flexibility index (Phi) is 2.93. The molecule has 7 heteroatoms. The molecule has 3 N–H and O–H groups in total. The van der Waals surface area contributed by atoms with E-state index in [0.29, 0.717) is 13.0 Å². The molecule has 3 rings (SSSR count). The maximum Gasteiger partial charge on any atom is 0.322 e. The molecule has 3 heterocycles. The van der Waals surface area contributed by atoms with Gasteiger partial charge in [-0.1, -0.05) is 6.42 Å². The van der Waals surface area contributed by atoms with E-state index in [1.165, 1.54) is 0 Å². The minimum Gasteiger partial charge on any atom is -0.338 e. The summed E-state index contributed by atoms with van der Waals surface area (Å²) in [5, 5.41) is 8.11. The lowest BCUT2D eigenvalue weighted by atomic mass is 9.99. The monoisotopic (exact) mass is 266 g/mol. The summed E-state index contributed by atoms with van der Waals surface area (Å²) >= 11 is 0. The van der Waals surface area contributed by atoms with Crippen molar-refractivity contribution < 1.29 is 14.4 Å². The minimum absolute atomic E-state index is 0.0468. The lowest BCUT2D eigenvalue weighted by Crippen LogP contribution is -2.52. The first kappa shape index (κ1) is 12.4. The molecule has 0 aromatic rings. The molecule has 1 spiro atoms. The highest BCUT2D eigenvalue weighted by atomic mass is 16.2. The first-order valence-electron chi connectivity index (χ1n) is 6.76. The zero-order chi connectivity index (χ0) is 13.5. The van der Waals surface area contributed by atoms with Gasteiger partial charge < -0.3 is 15.5 Å². The molecule has 0 aromatic carbocycles. The van der Waals surface area contributed by atoms with Crippen LogP contribution < -0.4 is 16.0 Å². The van der Waals surface area contributed by atoms with E-state index < -0.39 is 11.6 Å². The van der Waals surface area contributed by atoms with E-state index in [1.807, 2.05) is 0 Å². The number of piperidine rings is 1. The minimum atomic E-state index is -0.901. The molecule has 0 aromatic heterocycles. The van der Waals surface area contributed by atoms with Crippen molar-refractivity contribution in [3.05, 3.63) is 0 Å². The summed E-state index contributed by atoms with van der Waals surface area (Å²) in [6.07, 6.45) is 3.50. The van der Waals surface area contributed by atoms with Gasteiger partial charge in [-0.25, -0.2) is 4.79 Å². The lowest BCUT2D eigenvalue weighted by Gasteiger charge is -2.28.